The molecular formula is C53H49N7O10S. The average molecular weight is 976 g/mol. The van der Waals surface area contributed by atoms with Crippen LogP contribution in [-0.2, 0) is 34.1 Å². The topological polar surface area (TPSA) is 232 Å². The van der Waals surface area contributed by atoms with Gasteiger partial charge in [0.05, 0.1) is 54.2 Å². The van der Waals surface area contributed by atoms with Gasteiger partial charge in [-0.05, 0) is 59.0 Å². The second kappa shape index (κ2) is 20.1. The third-order valence-electron chi connectivity index (χ3n) is 13.0. The van der Waals surface area contributed by atoms with E-state index in [0.717, 1.165) is 9.60 Å². The molecule has 71 heavy (non-hydrogen) atoms. The highest BCUT2D eigenvalue weighted by molar-refractivity contribution is 7.22. The zero-order chi connectivity index (χ0) is 50.0. The number of aliphatic hydroxyl groups is 1. The molecule has 6 aromatic rings. The van der Waals surface area contributed by atoms with Crippen LogP contribution < -0.4 is 31.3 Å². The van der Waals surface area contributed by atoms with Crippen molar-refractivity contribution in [1.82, 2.24) is 20.5 Å². The summed E-state index contributed by atoms with van der Waals surface area (Å²) in [6, 6.07) is 30.4. The number of urea groups is 2. The molecule has 4 heterocycles. The van der Waals surface area contributed by atoms with Crippen molar-refractivity contribution in [3.63, 3.8) is 0 Å². The van der Waals surface area contributed by atoms with Crippen LogP contribution >= 0.6 is 11.3 Å². The molecule has 2 saturated heterocycles. The second-order valence-corrected chi connectivity index (χ2v) is 18.5. The Morgan fingerprint density at radius 3 is 2.28 bits per heavy atom. The van der Waals surface area contributed by atoms with E-state index in [9.17, 15) is 14.7 Å². The normalized spacial score (nSPS) is 21.6. The maximum absolute atomic E-state index is 16.7. The number of aliphatic hydroxyl groups excluding tert-OH is 1. The number of nitrogens with zero attached hydrogens (tertiary/aromatic N) is 3. The third kappa shape index (κ3) is 8.68. The minimum atomic E-state index is -2.25. The maximum atomic E-state index is 16.7. The number of hydrogen-bond acceptors (Lipinski definition) is 13. The van der Waals surface area contributed by atoms with Gasteiger partial charge in [0.1, 0.15) is 36.0 Å². The zero-order valence-electron chi connectivity index (χ0n) is 38.7. The van der Waals surface area contributed by atoms with Crippen LogP contribution in [0.3, 0.4) is 0 Å². The van der Waals surface area contributed by atoms with Gasteiger partial charge >= 0.3 is 24.0 Å². The molecule has 2 fully saturated rings. The Kier molecular flexibility index (Phi) is 13.6. The van der Waals surface area contributed by atoms with Gasteiger partial charge in [-0.2, -0.15) is 0 Å². The van der Waals surface area contributed by atoms with Gasteiger partial charge in [-0.25, -0.2) is 24.3 Å². The molecule has 7 atom stereocenters. The number of nitrogens with one attached hydrogen (secondary N) is 3. The highest BCUT2D eigenvalue weighted by Gasteiger charge is 2.76. The predicted molar refractivity (Wildman–Crippen MR) is 263 cm³/mol. The SMILES string of the molecule is COC(=O)[C@@H](NC(=O)N1C(=O)[C@@]2(c3cc(C#CCNC(N)=O)ccc31)[C@H](c1ccccc1OCCO)N1[C@H](c3ccccc3)[C@H](c3ccccc3)OC(=O)[C@H]1[C@@H]2C(=O)Nc1nc2ccccc2s1)C(C)C. The largest absolute Gasteiger partial charge is 0.491 e. The molecule has 0 aliphatic carbocycles. The second-order valence-electron chi connectivity index (χ2n) is 17.4. The molecule has 3 aliphatic rings. The van der Waals surface area contributed by atoms with Gasteiger partial charge in [0.25, 0.3) is 0 Å². The predicted octanol–water partition coefficient (Wildman–Crippen LogP) is 5.90. The van der Waals surface area contributed by atoms with Gasteiger partial charge in [-0.1, -0.05) is 128 Å². The number of aromatic nitrogens is 1. The Morgan fingerprint density at radius 2 is 1.59 bits per heavy atom. The van der Waals surface area contributed by atoms with Crippen molar-refractivity contribution in [2.24, 2.45) is 17.6 Å². The number of rotatable bonds is 12. The van der Waals surface area contributed by atoms with E-state index >= 15 is 19.2 Å². The molecule has 0 saturated carbocycles. The van der Waals surface area contributed by atoms with Crippen LogP contribution in [0.2, 0.25) is 0 Å². The van der Waals surface area contributed by atoms with Crippen molar-refractivity contribution in [2.45, 2.75) is 49.5 Å². The number of carbonyl (C=O) groups excluding carboxylic acids is 6. The summed E-state index contributed by atoms with van der Waals surface area (Å²) in [5.41, 5.74) is 5.76. The van der Waals surface area contributed by atoms with E-state index in [1.807, 2.05) is 83.8 Å². The van der Waals surface area contributed by atoms with E-state index < -0.39 is 83.3 Å². The number of ether oxygens (including phenoxy) is 3. The van der Waals surface area contributed by atoms with Crippen LogP contribution in [0.4, 0.5) is 20.4 Å². The number of morpholine rings is 1. The Morgan fingerprint density at radius 1 is 0.901 bits per heavy atom. The molecule has 3 aliphatic heterocycles. The van der Waals surface area contributed by atoms with E-state index in [1.54, 1.807) is 56.3 Å². The first kappa shape index (κ1) is 47.9. The Bertz CT molecular complexity index is 3070. The van der Waals surface area contributed by atoms with Gasteiger partial charge in [0.2, 0.25) is 11.8 Å². The number of cyclic esters (lactones) is 1. The van der Waals surface area contributed by atoms with Crippen LogP contribution in [0.25, 0.3) is 10.2 Å². The molecule has 362 valence electrons. The minimum absolute atomic E-state index is 0.0290. The van der Waals surface area contributed by atoms with Gasteiger partial charge in [0.15, 0.2) is 5.13 Å². The van der Waals surface area contributed by atoms with Crippen molar-refractivity contribution in [3.8, 4) is 17.6 Å². The fraction of sp³-hybridized carbons (Fsp3) is 0.264. The van der Waals surface area contributed by atoms with Crippen LogP contribution in [-0.4, -0.2) is 89.8 Å². The quantitative estimate of drug-likeness (QED) is 0.0713. The summed E-state index contributed by atoms with van der Waals surface area (Å²) in [6.07, 6.45) is -1.02. The molecule has 0 radical (unpaired) electrons. The van der Waals surface area contributed by atoms with Gasteiger partial charge in [-0.3, -0.25) is 19.3 Å². The third-order valence-corrected chi connectivity index (χ3v) is 14.0. The average Bonchev–Trinajstić information content (AvgIpc) is 4.01. The number of hydrogen-bond donors (Lipinski definition) is 5. The summed E-state index contributed by atoms with van der Waals surface area (Å²) in [6.45, 7) is 2.73. The van der Waals surface area contributed by atoms with Crippen LogP contribution in [0, 0.1) is 23.7 Å². The van der Waals surface area contributed by atoms with E-state index in [2.05, 4.69) is 27.8 Å². The number of carbonyl (C=O) groups is 6. The lowest BCUT2D eigenvalue weighted by atomic mass is 9.65. The minimum Gasteiger partial charge on any atom is -0.491 e. The summed E-state index contributed by atoms with van der Waals surface area (Å²) in [4.78, 5) is 95.7. The smallest absolute Gasteiger partial charge is 0.329 e. The van der Waals surface area contributed by atoms with Crippen molar-refractivity contribution < 1.29 is 48.1 Å². The van der Waals surface area contributed by atoms with Crippen molar-refractivity contribution in [1.29, 1.82) is 0 Å². The molecule has 5 aromatic carbocycles. The number of para-hydroxylation sites is 2. The van der Waals surface area contributed by atoms with Crippen LogP contribution in [0.1, 0.15) is 59.9 Å². The van der Waals surface area contributed by atoms with E-state index in [4.69, 9.17) is 24.9 Å². The number of primary amides is 1. The van der Waals surface area contributed by atoms with E-state index in [-0.39, 0.29) is 41.9 Å². The van der Waals surface area contributed by atoms with Crippen LogP contribution in [0.15, 0.2) is 127 Å². The lowest BCUT2D eigenvalue weighted by molar-refractivity contribution is -0.178. The summed E-state index contributed by atoms with van der Waals surface area (Å²) in [5, 5.41) is 18.4. The molecule has 0 bridgehead atoms. The monoisotopic (exact) mass is 975 g/mol. The lowest BCUT2D eigenvalue weighted by Gasteiger charge is -2.46. The molecule has 18 heteroatoms. The van der Waals surface area contributed by atoms with Crippen LogP contribution in [0.5, 0.6) is 5.75 Å². The van der Waals surface area contributed by atoms with Gasteiger partial charge in [-0.15, -0.1) is 0 Å². The number of amides is 6. The number of benzene rings is 5. The number of anilines is 2. The van der Waals surface area contributed by atoms with E-state index in [0.29, 0.717) is 27.8 Å². The van der Waals surface area contributed by atoms with Crippen molar-refractivity contribution in [3.05, 3.63) is 155 Å². The molecule has 17 nitrogen and oxygen atoms in total. The summed E-state index contributed by atoms with van der Waals surface area (Å²) >= 11 is 1.19. The first-order chi connectivity index (χ1) is 34.4. The molecule has 9 rings (SSSR count). The number of fused-ring (bicyclic) bond motifs is 4. The highest BCUT2D eigenvalue weighted by Crippen LogP contribution is 2.66. The number of methoxy groups -OCH3 is 1. The van der Waals surface area contributed by atoms with Crippen molar-refractivity contribution in [2.75, 3.05) is 37.1 Å². The summed E-state index contributed by atoms with van der Waals surface area (Å²) in [5.74, 6) is 0.568. The Balaban J connectivity index is 1.38. The molecule has 6 N–H and O–H groups in total. The van der Waals surface area contributed by atoms with Crippen molar-refractivity contribution >= 4 is 68.2 Å². The number of nitrogens with two attached hydrogens (primary N) is 1. The van der Waals surface area contributed by atoms with Gasteiger partial charge < -0.3 is 41.0 Å². The zero-order valence-corrected chi connectivity index (χ0v) is 39.6. The summed E-state index contributed by atoms with van der Waals surface area (Å²) < 4.78 is 18.7. The molecule has 1 aromatic heterocycles. The number of thiazole rings is 1. The Hall–Kier alpha value is -8.11. The lowest BCUT2D eigenvalue weighted by Crippen LogP contribution is -2.57. The molecule has 0 unspecified atom stereocenters. The first-order valence-corrected chi connectivity index (χ1v) is 23.7. The molecular weight excluding hydrogens is 927 g/mol. The fourth-order valence-corrected chi connectivity index (χ4v) is 11.0. The summed E-state index contributed by atoms with van der Waals surface area (Å²) in [7, 11) is 1.19. The standard InChI is InChI=1S/C53H49N7O10S/c1-30(2)41(47(63)68-3)57-52(67)59-37-25-24-31(15-14-26-55-50(54)66)29-35(37)53(49(59)65)40(46(62)58-51-56-36-21-11-13-23-39(36)71-51)43-48(64)70-44(33-18-8-5-9-19-33)42(32-16-6-4-7-17-32)60(43)45(53)34-20-10-12-22-38(34)69-28-27-61/h4-13,16-25,29-30,40-45,61H,26-28H2,1-3H3,(H,57,67)(H3,54,55,66)(H,56,58,62)/t40-,41+,42-,43-,44+,45+,53-/m1/s1. The highest BCUT2D eigenvalue weighted by atomic mass is 32.1. The molecule has 6 amide bonds. The Labute approximate surface area is 412 Å². The van der Waals surface area contributed by atoms with E-state index in [1.165, 1.54) is 24.5 Å². The van der Waals surface area contributed by atoms with Gasteiger partial charge in [0, 0.05) is 11.1 Å². The number of esters is 2. The maximum Gasteiger partial charge on any atom is 0.329 e. The number of imide groups is 1. The fourth-order valence-electron chi connectivity index (χ4n) is 10.2. The first-order valence-electron chi connectivity index (χ1n) is 22.8. The molecule has 1 spiro atoms.